The topological polar surface area (TPSA) is 52.5 Å². The summed E-state index contributed by atoms with van der Waals surface area (Å²) in [5.74, 6) is 0.200. The van der Waals surface area contributed by atoms with Crippen LogP contribution in [0.5, 0.6) is 5.75 Å². The van der Waals surface area contributed by atoms with Gasteiger partial charge in [-0.3, -0.25) is 0 Å². The van der Waals surface area contributed by atoms with Gasteiger partial charge >= 0.3 is 0 Å². The first kappa shape index (κ1) is 14.4. The standard InChI is InChI=1S/C14H13Br2NO2/c15-12-5-10(6-13(16)14(12)19)7-17-11-3-1-2-9(4-11)8-18/h1-6,17-19H,7-8H2. The molecule has 5 heteroatoms. The number of hydrogen-bond donors (Lipinski definition) is 3. The van der Waals surface area contributed by atoms with Crippen LogP contribution in [0.1, 0.15) is 11.1 Å². The van der Waals surface area contributed by atoms with Crippen molar-refractivity contribution in [2.45, 2.75) is 13.2 Å². The Bertz CT molecular complexity index is 564. The van der Waals surface area contributed by atoms with Crippen LogP contribution in [0.25, 0.3) is 0 Å². The lowest BCUT2D eigenvalue weighted by Gasteiger charge is -2.09. The third-order valence-electron chi connectivity index (χ3n) is 2.68. The second-order valence-corrected chi connectivity index (χ2v) is 5.83. The largest absolute Gasteiger partial charge is 0.506 e. The van der Waals surface area contributed by atoms with E-state index in [1.54, 1.807) is 0 Å². The van der Waals surface area contributed by atoms with E-state index in [2.05, 4.69) is 37.2 Å². The first-order valence-electron chi connectivity index (χ1n) is 5.70. The van der Waals surface area contributed by atoms with Crippen LogP contribution < -0.4 is 5.32 Å². The fourth-order valence-electron chi connectivity index (χ4n) is 1.70. The fourth-order valence-corrected chi connectivity index (χ4v) is 2.99. The average Bonchev–Trinajstić information content (AvgIpc) is 2.42. The predicted octanol–water partition coefficient (Wildman–Crippen LogP) is 4.02. The molecule has 2 rings (SSSR count). The lowest BCUT2D eigenvalue weighted by atomic mass is 10.2. The molecule has 19 heavy (non-hydrogen) atoms. The zero-order valence-corrected chi connectivity index (χ0v) is 13.2. The predicted molar refractivity (Wildman–Crippen MR) is 83.2 cm³/mol. The highest BCUT2D eigenvalue weighted by Crippen LogP contribution is 2.33. The van der Waals surface area contributed by atoms with E-state index in [1.807, 2.05) is 36.4 Å². The number of nitrogens with one attached hydrogen (secondary N) is 1. The Morgan fingerprint density at radius 3 is 2.32 bits per heavy atom. The molecule has 2 aromatic rings. The molecule has 0 aliphatic heterocycles. The van der Waals surface area contributed by atoms with Gasteiger partial charge in [0.1, 0.15) is 5.75 Å². The van der Waals surface area contributed by atoms with Crippen molar-refractivity contribution in [1.29, 1.82) is 0 Å². The Kier molecular flexibility index (Phi) is 4.85. The molecule has 0 fully saturated rings. The summed E-state index contributed by atoms with van der Waals surface area (Å²) in [6.07, 6.45) is 0. The number of phenols is 1. The van der Waals surface area contributed by atoms with Gasteiger partial charge in [-0.1, -0.05) is 12.1 Å². The first-order valence-corrected chi connectivity index (χ1v) is 7.29. The van der Waals surface area contributed by atoms with Gasteiger partial charge in [0, 0.05) is 12.2 Å². The number of halogens is 2. The van der Waals surface area contributed by atoms with Crippen LogP contribution in [-0.2, 0) is 13.2 Å². The maximum Gasteiger partial charge on any atom is 0.143 e. The number of aromatic hydroxyl groups is 1. The second-order valence-electron chi connectivity index (χ2n) is 4.12. The molecule has 0 aliphatic rings. The van der Waals surface area contributed by atoms with Gasteiger partial charge in [0.15, 0.2) is 0 Å². The molecule has 0 amide bonds. The van der Waals surface area contributed by atoms with E-state index in [-0.39, 0.29) is 12.4 Å². The van der Waals surface area contributed by atoms with Crippen molar-refractivity contribution < 1.29 is 10.2 Å². The number of benzene rings is 2. The monoisotopic (exact) mass is 385 g/mol. The molecule has 0 saturated carbocycles. The van der Waals surface area contributed by atoms with Gasteiger partial charge in [-0.05, 0) is 67.3 Å². The van der Waals surface area contributed by atoms with Crippen LogP contribution in [0.4, 0.5) is 5.69 Å². The van der Waals surface area contributed by atoms with E-state index in [0.717, 1.165) is 16.8 Å². The number of aliphatic hydroxyl groups is 1. The van der Waals surface area contributed by atoms with Crippen LogP contribution in [-0.4, -0.2) is 10.2 Å². The molecule has 0 heterocycles. The van der Waals surface area contributed by atoms with Gasteiger partial charge in [-0.2, -0.15) is 0 Å². The molecule has 0 radical (unpaired) electrons. The maximum atomic E-state index is 9.64. The minimum absolute atomic E-state index is 0.0336. The molecule has 3 N–H and O–H groups in total. The Morgan fingerprint density at radius 2 is 1.68 bits per heavy atom. The molecular formula is C14H13Br2NO2. The normalized spacial score (nSPS) is 10.5. The lowest BCUT2D eigenvalue weighted by Crippen LogP contribution is -2.00. The van der Waals surface area contributed by atoms with Gasteiger partial charge in [0.05, 0.1) is 15.6 Å². The minimum Gasteiger partial charge on any atom is -0.506 e. The van der Waals surface area contributed by atoms with Crippen molar-refractivity contribution in [3.05, 3.63) is 56.5 Å². The third kappa shape index (κ3) is 3.72. The summed E-state index contributed by atoms with van der Waals surface area (Å²) in [4.78, 5) is 0. The van der Waals surface area contributed by atoms with E-state index in [9.17, 15) is 5.11 Å². The molecule has 2 aromatic carbocycles. The highest BCUT2D eigenvalue weighted by Gasteiger charge is 2.05. The molecule has 0 bridgehead atoms. The van der Waals surface area contributed by atoms with Crippen LogP contribution in [0.2, 0.25) is 0 Å². The van der Waals surface area contributed by atoms with Crippen molar-refractivity contribution in [1.82, 2.24) is 0 Å². The lowest BCUT2D eigenvalue weighted by molar-refractivity contribution is 0.282. The van der Waals surface area contributed by atoms with Crippen molar-refractivity contribution >= 4 is 37.5 Å². The molecule has 0 spiro atoms. The zero-order chi connectivity index (χ0) is 13.8. The molecule has 0 atom stereocenters. The summed E-state index contributed by atoms with van der Waals surface area (Å²) < 4.78 is 1.31. The molecule has 3 nitrogen and oxygen atoms in total. The van der Waals surface area contributed by atoms with Crippen molar-refractivity contribution in [3.63, 3.8) is 0 Å². The maximum absolute atomic E-state index is 9.64. The molecule has 0 saturated heterocycles. The summed E-state index contributed by atoms with van der Waals surface area (Å²) in [5.41, 5.74) is 2.86. The van der Waals surface area contributed by atoms with Gasteiger partial charge in [-0.15, -0.1) is 0 Å². The van der Waals surface area contributed by atoms with E-state index < -0.39 is 0 Å². The summed E-state index contributed by atoms with van der Waals surface area (Å²) in [6.45, 7) is 0.665. The number of phenolic OH excluding ortho intramolecular Hbond substituents is 1. The zero-order valence-electron chi connectivity index (χ0n) is 10.0. The number of anilines is 1. The molecular weight excluding hydrogens is 374 g/mol. The Morgan fingerprint density at radius 1 is 1.00 bits per heavy atom. The highest BCUT2D eigenvalue weighted by atomic mass is 79.9. The molecule has 100 valence electrons. The smallest absolute Gasteiger partial charge is 0.143 e. The Hall–Kier alpha value is -1.04. The van der Waals surface area contributed by atoms with Crippen LogP contribution in [0, 0.1) is 0 Å². The van der Waals surface area contributed by atoms with Gasteiger partial charge < -0.3 is 15.5 Å². The van der Waals surface area contributed by atoms with E-state index in [0.29, 0.717) is 15.5 Å². The number of hydrogen-bond acceptors (Lipinski definition) is 3. The number of rotatable bonds is 4. The van der Waals surface area contributed by atoms with Crippen LogP contribution >= 0.6 is 31.9 Å². The highest BCUT2D eigenvalue weighted by molar-refractivity contribution is 9.11. The molecule has 0 aliphatic carbocycles. The quantitative estimate of drug-likeness (QED) is 0.743. The van der Waals surface area contributed by atoms with Gasteiger partial charge in [0.2, 0.25) is 0 Å². The summed E-state index contributed by atoms with van der Waals surface area (Å²) in [7, 11) is 0. The van der Waals surface area contributed by atoms with Gasteiger partial charge in [-0.25, -0.2) is 0 Å². The van der Waals surface area contributed by atoms with E-state index in [1.165, 1.54) is 0 Å². The van der Waals surface area contributed by atoms with Crippen LogP contribution in [0.3, 0.4) is 0 Å². The van der Waals surface area contributed by atoms with Crippen molar-refractivity contribution in [2.75, 3.05) is 5.32 Å². The van der Waals surface area contributed by atoms with Crippen LogP contribution in [0.15, 0.2) is 45.3 Å². The average molecular weight is 387 g/mol. The van der Waals surface area contributed by atoms with E-state index in [4.69, 9.17) is 5.11 Å². The Balaban J connectivity index is 2.10. The SMILES string of the molecule is OCc1cccc(NCc2cc(Br)c(O)c(Br)c2)c1. The molecule has 0 unspecified atom stereocenters. The summed E-state index contributed by atoms with van der Waals surface area (Å²) in [5, 5.41) is 22.0. The molecule has 0 aromatic heterocycles. The summed E-state index contributed by atoms with van der Waals surface area (Å²) in [6, 6.07) is 11.4. The first-order chi connectivity index (χ1) is 9.10. The number of aliphatic hydroxyl groups excluding tert-OH is 1. The minimum atomic E-state index is 0.0336. The summed E-state index contributed by atoms with van der Waals surface area (Å²) >= 11 is 6.61. The second kappa shape index (κ2) is 6.41. The van der Waals surface area contributed by atoms with E-state index >= 15 is 0 Å². The van der Waals surface area contributed by atoms with Crippen molar-refractivity contribution in [2.24, 2.45) is 0 Å². The fraction of sp³-hybridized carbons (Fsp3) is 0.143. The van der Waals surface area contributed by atoms with Gasteiger partial charge in [0.25, 0.3) is 0 Å². The third-order valence-corrected chi connectivity index (χ3v) is 3.89. The Labute approximate surface area is 128 Å². The van der Waals surface area contributed by atoms with Crippen molar-refractivity contribution in [3.8, 4) is 5.75 Å².